The maximum Gasteiger partial charge on any atom is 0.339 e. The van der Waals surface area contributed by atoms with Crippen molar-refractivity contribution < 1.29 is 18.7 Å². The van der Waals surface area contributed by atoms with Crippen LogP contribution in [0.1, 0.15) is 66.4 Å². The van der Waals surface area contributed by atoms with E-state index in [9.17, 15) is 9.59 Å². The van der Waals surface area contributed by atoms with Crippen LogP contribution in [-0.4, -0.2) is 29.5 Å². The molecule has 33 heavy (non-hydrogen) atoms. The van der Waals surface area contributed by atoms with E-state index in [1.54, 1.807) is 6.26 Å². The molecular formula is C27H28N2O4. The van der Waals surface area contributed by atoms with Gasteiger partial charge in [-0.15, -0.1) is 0 Å². The van der Waals surface area contributed by atoms with Gasteiger partial charge >= 0.3 is 5.97 Å². The Balaban J connectivity index is 1.39. The highest BCUT2D eigenvalue weighted by molar-refractivity contribution is 6.07. The number of carbonyl (C=O) groups excluding carboxylic acids is 2. The molecule has 3 aromatic rings. The second-order valence-electron chi connectivity index (χ2n) is 9.03. The molecule has 0 radical (unpaired) electrons. The van der Waals surface area contributed by atoms with Crippen molar-refractivity contribution in [3.8, 4) is 0 Å². The third-order valence-corrected chi connectivity index (χ3v) is 6.80. The minimum atomic E-state index is -0.476. The molecule has 0 saturated heterocycles. The Morgan fingerprint density at radius 1 is 1.15 bits per heavy atom. The summed E-state index contributed by atoms with van der Waals surface area (Å²) in [6.07, 6.45) is 9.49. The normalized spacial score (nSPS) is 21.2. The summed E-state index contributed by atoms with van der Waals surface area (Å²) in [4.78, 5) is 30.6. The highest BCUT2D eigenvalue weighted by atomic mass is 16.5. The molecule has 1 aromatic carbocycles. The predicted molar refractivity (Wildman–Crippen MR) is 126 cm³/mol. The summed E-state index contributed by atoms with van der Waals surface area (Å²) >= 11 is 0. The van der Waals surface area contributed by atoms with Crippen LogP contribution in [0.4, 0.5) is 0 Å². The Bertz CT molecular complexity index is 1210. The number of carbonyl (C=O) groups is 2. The maximum atomic E-state index is 13.2. The fraction of sp³-hybridized carbons (Fsp3) is 0.370. The van der Waals surface area contributed by atoms with E-state index in [1.807, 2.05) is 42.5 Å². The molecule has 0 bridgehead atoms. The SMILES string of the molecule is CC1CCCCC1NC(=O)COC(=O)c1c2c(nc3ccccc13)C(=Cc1ccco1)CC2. The van der Waals surface area contributed by atoms with Crippen LogP contribution in [0.2, 0.25) is 0 Å². The van der Waals surface area contributed by atoms with Gasteiger partial charge in [-0.3, -0.25) is 4.79 Å². The predicted octanol–water partition coefficient (Wildman–Crippen LogP) is 5.17. The molecule has 1 saturated carbocycles. The van der Waals surface area contributed by atoms with E-state index in [0.717, 1.165) is 59.2 Å². The number of ether oxygens (including phenoxy) is 1. The van der Waals surface area contributed by atoms with Gasteiger partial charge in [-0.1, -0.05) is 38.0 Å². The molecular weight excluding hydrogens is 416 g/mol. The number of allylic oxidation sites excluding steroid dienone is 1. The molecule has 2 aliphatic rings. The minimum Gasteiger partial charge on any atom is -0.465 e. The highest BCUT2D eigenvalue weighted by Gasteiger charge is 2.29. The molecule has 2 unspecified atom stereocenters. The van der Waals surface area contributed by atoms with Crippen LogP contribution in [0.25, 0.3) is 22.6 Å². The van der Waals surface area contributed by atoms with Gasteiger partial charge < -0.3 is 14.5 Å². The van der Waals surface area contributed by atoms with Gasteiger partial charge in [0, 0.05) is 11.4 Å². The van der Waals surface area contributed by atoms with Crippen molar-refractivity contribution in [2.75, 3.05) is 6.61 Å². The lowest BCUT2D eigenvalue weighted by molar-refractivity contribution is -0.125. The van der Waals surface area contributed by atoms with Crippen molar-refractivity contribution in [3.63, 3.8) is 0 Å². The number of nitrogens with one attached hydrogen (secondary N) is 1. The van der Waals surface area contributed by atoms with Gasteiger partial charge in [-0.05, 0) is 67.0 Å². The van der Waals surface area contributed by atoms with Crippen molar-refractivity contribution in [3.05, 3.63) is 65.2 Å². The molecule has 6 nitrogen and oxygen atoms in total. The second kappa shape index (κ2) is 9.22. The molecule has 0 spiro atoms. The Morgan fingerprint density at radius 3 is 2.82 bits per heavy atom. The summed E-state index contributed by atoms with van der Waals surface area (Å²) in [5, 5.41) is 3.80. The molecule has 170 valence electrons. The average molecular weight is 445 g/mol. The van der Waals surface area contributed by atoms with Crippen molar-refractivity contribution >= 4 is 34.4 Å². The fourth-order valence-corrected chi connectivity index (χ4v) is 5.04. The molecule has 6 heteroatoms. The van der Waals surface area contributed by atoms with Gasteiger partial charge in [0.2, 0.25) is 0 Å². The monoisotopic (exact) mass is 444 g/mol. The topological polar surface area (TPSA) is 81.4 Å². The van der Waals surface area contributed by atoms with Crippen LogP contribution < -0.4 is 5.32 Å². The van der Waals surface area contributed by atoms with E-state index in [0.29, 0.717) is 17.9 Å². The molecule has 2 aliphatic carbocycles. The number of benzene rings is 1. The van der Waals surface area contributed by atoms with Gasteiger partial charge in [0.1, 0.15) is 5.76 Å². The number of fused-ring (bicyclic) bond motifs is 2. The van der Waals surface area contributed by atoms with Gasteiger partial charge in [0.15, 0.2) is 6.61 Å². The Labute approximate surface area is 193 Å². The number of aromatic nitrogens is 1. The highest BCUT2D eigenvalue weighted by Crippen LogP contribution is 2.37. The summed E-state index contributed by atoms with van der Waals surface area (Å²) in [7, 11) is 0. The van der Waals surface area contributed by atoms with Crippen LogP contribution in [0.3, 0.4) is 0 Å². The van der Waals surface area contributed by atoms with E-state index in [-0.39, 0.29) is 18.6 Å². The van der Waals surface area contributed by atoms with Crippen LogP contribution in [0.5, 0.6) is 0 Å². The molecule has 1 fully saturated rings. The minimum absolute atomic E-state index is 0.158. The number of furan rings is 1. The van der Waals surface area contributed by atoms with Crippen LogP contribution >= 0.6 is 0 Å². The largest absolute Gasteiger partial charge is 0.465 e. The van der Waals surface area contributed by atoms with Crippen LogP contribution in [-0.2, 0) is 16.0 Å². The third-order valence-electron chi connectivity index (χ3n) is 6.80. The first-order chi connectivity index (χ1) is 16.1. The molecule has 1 N–H and O–H groups in total. The van der Waals surface area contributed by atoms with Crippen molar-refractivity contribution in [1.29, 1.82) is 0 Å². The number of pyridine rings is 1. The van der Waals surface area contributed by atoms with Gasteiger partial charge in [0.25, 0.3) is 5.91 Å². The summed E-state index contributed by atoms with van der Waals surface area (Å²) in [6.45, 7) is 1.89. The lowest BCUT2D eigenvalue weighted by Crippen LogP contribution is -2.42. The number of hydrogen-bond donors (Lipinski definition) is 1. The maximum absolute atomic E-state index is 13.2. The number of para-hydroxylation sites is 1. The zero-order valence-electron chi connectivity index (χ0n) is 18.8. The lowest BCUT2D eigenvalue weighted by Gasteiger charge is -2.29. The van der Waals surface area contributed by atoms with Crippen LogP contribution in [0, 0.1) is 5.92 Å². The van der Waals surface area contributed by atoms with Gasteiger partial charge in [-0.2, -0.15) is 0 Å². The Hall–Kier alpha value is -3.41. The first-order valence-corrected chi connectivity index (χ1v) is 11.7. The van der Waals surface area contributed by atoms with Crippen molar-refractivity contribution in [2.24, 2.45) is 5.92 Å². The number of nitrogens with zero attached hydrogens (tertiary/aromatic N) is 1. The van der Waals surface area contributed by atoms with E-state index in [2.05, 4.69) is 12.2 Å². The first kappa shape index (κ1) is 21.4. The van der Waals surface area contributed by atoms with Crippen molar-refractivity contribution in [2.45, 2.75) is 51.5 Å². The molecule has 2 heterocycles. The molecule has 0 aliphatic heterocycles. The lowest BCUT2D eigenvalue weighted by atomic mass is 9.86. The number of hydrogen-bond acceptors (Lipinski definition) is 5. The van der Waals surface area contributed by atoms with E-state index < -0.39 is 5.97 Å². The van der Waals surface area contributed by atoms with Gasteiger partial charge in [-0.25, -0.2) is 9.78 Å². The number of rotatable bonds is 5. The number of esters is 1. The summed E-state index contributed by atoms with van der Waals surface area (Å²) in [5.74, 6) is 0.488. The average Bonchev–Trinajstić information content (AvgIpc) is 3.48. The zero-order chi connectivity index (χ0) is 22.8. The van der Waals surface area contributed by atoms with E-state index in [1.165, 1.54) is 6.42 Å². The quantitative estimate of drug-likeness (QED) is 0.549. The smallest absolute Gasteiger partial charge is 0.339 e. The Morgan fingerprint density at radius 2 is 2.00 bits per heavy atom. The van der Waals surface area contributed by atoms with E-state index in [4.69, 9.17) is 14.1 Å². The first-order valence-electron chi connectivity index (χ1n) is 11.7. The molecule has 5 rings (SSSR count). The third kappa shape index (κ3) is 4.42. The van der Waals surface area contributed by atoms with Crippen LogP contribution in [0.15, 0.2) is 47.1 Å². The summed E-state index contributed by atoms with van der Waals surface area (Å²) in [6, 6.07) is 11.5. The number of amides is 1. The molecule has 2 atom stereocenters. The van der Waals surface area contributed by atoms with Gasteiger partial charge in [0.05, 0.1) is 23.0 Å². The second-order valence-corrected chi connectivity index (χ2v) is 9.03. The molecule has 1 amide bonds. The van der Waals surface area contributed by atoms with E-state index >= 15 is 0 Å². The fourth-order valence-electron chi connectivity index (χ4n) is 5.04. The Kier molecular flexibility index (Phi) is 5.99. The standard InChI is InChI=1S/C27H28N2O4/c1-17-7-2-4-10-22(17)28-24(30)16-33-27(31)25-20-9-3-5-11-23(20)29-26-18(12-13-21(25)26)15-19-8-6-14-32-19/h3,5-6,8-9,11,14-15,17,22H,2,4,7,10,12-13,16H2,1H3,(H,28,30). The molecule has 2 aromatic heterocycles. The zero-order valence-corrected chi connectivity index (χ0v) is 18.8. The van der Waals surface area contributed by atoms with Crippen molar-refractivity contribution in [1.82, 2.24) is 10.3 Å². The summed E-state index contributed by atoms with van der Waals surface area (Å²) < 4.78 is 11.0. The summed E-state index contributed by atoms with van der Waals surface area (Å²) in [5.41, 5.74) is 3.95.